The number of halogens is 2. The van der Waals surface area contributed by atoms with Crippen LogP contribution < -0.4 is 4.74 Å². The summed E-state index contributed by atoms with van der Waals surface area (Å²) in [5, 5.41) is 0. The van der Waals surface area contributed by atoms with Gasteiger partial charge in [-0.25, -0.2) is 0 Å². The van der Waals surface area contributed by atoms with Crippen LogP contribution in [0.25, 0.3) is 0 Å². The average Bonchev–Trinajstić information content (AvgIpc) is 2.73. The highest BCUT2D eigenvalue weighted by Crippen LogP contribution is 2.27. The Morgan fingerprint density at radius 3 is 2.78 bits per heavy atom. The fourth-order valence-electron chi connectivity index (χ4n) is 1.48. The van der Waals surface area contributed by atoms with Gasteiger partial charge in [-0.15, -0.1) is 11.3 Å². The van der Waals surface area contributed by atoms with E-state index in [1.807, 2.05) is 18.2 Å². The van der Waals surface area contributed by atoms with E-state index in [2.05, 4.69) is 15.9 Å². The number of carbonyl (C=O) groups is 1. The van der Waals surface area contributed by atoms with E-state index in [0.717, 1.165) is 13.7 Å². The molecule has 5 heteroatoms. The summed E-state index contributed by atoms with van der Waals surface area (Å²) in [6.07, 6.45) is 0. The van der Waals surface area contributed by atoms with Crippen molar-refractivity contribution in [2.24, 2.45) is 0 Å². The lowest BCUT2D eigenvalue weighted by molar-refractivity contribution is 0.101. The number of thiophene rings is 1. The van der Waals surface area contributed by atoms with Gasteiger partial charge in [0, 0.05) is 9.35 Å². The number of rotatable bonds is 4. The SMILES string of the molecule is CC(=O)c1cc(Br)ccc1OCc1ccc(Cl)s1. The number of ether oxygens (including phenoxy) is 1. The first-order valence-electron chi connectivity index (χ1n) is 5.24. The van der Waals surface area contributed by atoms with Crippen LogP contribution in [0.5, 0.6) is 5.75 Å². The minimum absolute atomic E-state index is 0.0180. The second kappa shape index (κ2) is 5.87. The van der Waals surface area contributed by atoms with E-state index >= 15 is 0 Å². The Balaban J connectivity index is 2.16. The number of ketones is 1. The van der Waals surface area contributed by atoms with Gasteiger partial charge in [0.1, 0.15) is 12.4 Å². The molecular formula is C13H10BrClO2S. The van der Waals surface area contributed by atoms with E-state index in [1.54, 1.807) is 12.1 Å². The predicted octanol–water partition coefficient (Wildman–Crippen LogP) is 4.95. The van der Waals surface area contributed by atoms with E-state index in [0.29, 0.717) is 17.9 Å². The van der Waals surface area contributed by atoms with E-state index < -0.39 is 0 Å². The molecule has 0 bridgehead atoms. The summed E-state index contributed by atoms with van der Waals surface area (Å²) < 4.78 is 7.26. The third kappa shape index (κ3) is 3.34. The zero-order chi connectivity index (χ0) is 13.1. The average molecular weight is 346 g/mol. The molecule has 0 spiro atoms. The maximum Gasteiger partial charge on any atom is 0.163 e. The summed E-state index contributed by atoms with van der Waals surface area (Å²) in [5.74, 6) is 0.575. The van der Waals surface area contributed by atoms with Gasteiger partial charge < -0.3 is 4.74 Å². The van der Waals surface area contributed by atoms with Gasteiger partial charge in [0.2, 0.25) is 0 Å². The van der Waals surface area contributed by atoms with Gasteiger partial charge in [0.05, 0.1) is 9.90 Å². The number of hydrogen-bond donors (Lipinski definition) is 0. The quantitative estimate of drug-likeness (QED) is 0.733. The minimum Gasteiger partial charge on any atom is -0.487 e. The van der Waals surface area contributed by atoms with Crippen LogP contribution in [0.2, 0.25) is 4.34 Å². The molecule has 0 fully saturated rings. The highest BCUT2D eigenvalue weighted by molar-refractivity contribution is 9.10. The van der Waals surface area contributed by atoms with Crippen LogP contribution >= 0.6 is 38.9 Å². The highest BCUT2D eigenvalue weighted by Gasteiger charge is 2.09. The Kier molecular flexibility index (Phi) is 4.43. The van der Waals surface area contributed by atoms with Crippen molar-refractivity contribution in [3.63, 3.8) is 0 Å². The van der Waals surface area contributed by atoms with E-state index in [4.69, 9.17) is 16.3 Å². The maximum absolute atomic E-state index is 11.5. The Bertz CT molecular complexity index is 580. The van der Waals surface area contributed by atoms with E-state index in [1.165, 1.54) is 18.3 Å². The normalized spacial score (nSPS) is 10.4. The Labute approximate surface area is 123 Å². The minimum atomic E-state index is -0.0180. The molecule has 1 heterocycles. The zero-order valence-electron chi connectivity index (χ0n) is 9.57. The molecule has 94 valence electrons. The van der Waals surface area contributed by atoms with Crippen LogP contribution in [0.1, 0.15) is 22.2 Å². The van der Waals surface area contributed by atoms with Crippen LogP contribution in [0.3, 0.4) is 0 Å². The molecule has 0 N–H and O–H groups in total. The molecule has 0 saturated heterocycles. The molecule has 0 aliphatic carbocycles. The third-order valence-electron chi connectivity index (χ3n) is 2.32. The summed E-state index contributed by atoms with van der Waals surface area (Å²) in [6.45, 7) is 1.94. The van der Waals surface area contributed by atoms with Gasteiger partial charge in [0.25, 0.3) is 0 Å². The second-order valence-corrected chi connectivity index (χ2v) is 6.41. The molecule has 18 heavy (non-hydrogen) atoms. The van der Waals surface area contributed by atoms with Gasteiger partial charge in [-0.1, -0.05) is 27.5 Å². The van der Waals surface area contributed by atoms with E-state index in [-0.39, 0.29) is 5.78 Å². The van der Waals surface area contributed by atoms with Gasteiger partial charge in [-0.05, 0) is 37.3 Å². The molecule has 0 radical (unpaired) electrons. The van der Waals surface area contributed by atoms with Crippen molar-refractivity contribution >= 4 is 44.7 Å². The van der Waals surface area contributed by atoms with Crippen molar-refractivity contribution in [3.05, 3.63) is 49.6 Å². The first kappa shape index (κ1) is 13.6. The fourth-order valence-corrected chi connectivity index (χ4v) is 2.84. The molecule has 0 unspecified atom stereocenters. The molecule has 0 saturated carbocycles. The Morgan fingerprint density at radius 2 is 2.17 bits per heavy atom. The number of carbonyl (C=O) groups excluding carboxylic acids is 1. The Hall–Kier alpha value is -0.840. The van der Waals surface area contributed by atoms with Crippen LogP contribution in [-0.4, -0.2) is 5.78 Å². The maximum atomic E-state index is 11.5. The second-order valence-electron chi connectivity index (χ2n) is 3.69. The molecule has 0 aliphatic rings. The molecule has 2 nitrogen and oxygen atoms in total. The van der Waals surface area contributed by atoms with Crippen LogP contribution in [0.4, 0.5) is 0 Å². The van der Waals surface area contributed by atoms with Gasteiger partial charge >= 0.3 is 0 Å². The van der Waals surface area contributed by atoms with E-state index in [9.17, 15) is 4.79 Å². The van der Waals surface area contributed by atoms with Gasteiger partial charge in [-0.3, -0.25) is 4.79 Å². The lowest BCUT2D eigenvalue weighted by Gasteiger charge is -2.09. The van der Waals surface area contributed by atoms with Gasteiger partial charge in [0.15, 0.2) is 5.78 Å². The Morgan fingerprint density at radius 1 is 1.39 bits per heavy atom. The monoisotopic (exact) mass is 344 g/mol. The molecule has 1 aromatic carbocycles. The first-order valence-corrected chi connectivity index (χ1v) is 7.22. The fraction of sp³-hybridized carbons (Fsp3) is 0.154. The van der Waals surface area contributed by atoms with Crippen LogP contribution in [-0.2, 0) is 6.61 Å². The van der Waals surface area contributed by atoms with Crippen molar-refractivity contribution in [2.45, 2.75) is 13.5 Å². The highest BCUT2D eigenvalue weighted by atomic mass is 79.9. The van der Waals surface area contributed by atoms with Crippen molar-refractivity contribution in [1.29, 1.82) is 0 Å². The zero-order valence-corrected chi connectivity index (χ0v) is 12.7. The van der Waals surface area contributed by atoms with Crippen LogP contribution in [0.15, 0.2) is 34.8 Å². The molecule has 1 aromatic heterocycles. The summed E-state index contributed by atoms with van der Waals surface area (Å²) in [7, 11) is 0. The smallest absolute Gasteiger partial charge is 0.163 e. The standard InChI is InChI=1S/C13H10BrClO2S/c1-8(16)11-6-9(14)2-4-12(11)17-7-10-3-5-13(15)18-10/h2-6H,7H2,1H3. The molecule has 2 aromatic rings. The number of benzene rings is 1. The van der Waals surface area contributed by atoms with Crippen molar-refractivity contribution < 1.29 is 9.53 Å². The third-order valence-corrected chi connectivity index (χ3v) is 4.02. The number of hydrogen-bond acceptors (Lipinski definition) is 3. The lowest BCUT2D eigenvalue weighted by Crippen LogP contribution is -2.00. The van der Waals surface area contributed by atoms with Crippen molar-refractivity contribution in [2.75, 3.05) is 0 Å². The van der Waals surface area contributed by atoms with Crippen molar-refractivity contribution in [1.82, 2.24) is 0 Å². The summed E-state index contributed by atoms with van der Waals surface area (Å²) in [5.41, 5.74) is 0.576. The molecule has 0 amide bonds. The lowest BCUT2D eigenvalue weighted by atomic mass is 10.1. The predicted molar refractivity (Wildman–Crippen MR) is 77.8 cm³/mol. The van der Waals surface area contributed by atoms with Gasteiger partial charge in [-0.2, -0.15) is 0 Å². The summed E-state index contributed by atoms with van der Waals surface area (Å²) in [6, 6.07) is 9.15. The molecule has 2 rings (SSSR count). The van der Waals surface area contributed by atoms with Crippen molar-refractivity contribution in [3.8, 4) is 5.75 Å². The summed E-state index contributed by atoms with van der Waals surface area (Å²) >= 11 is 10.7. The summed E-state index contributed by atoms with van der Waals surface area (Å²) in [4.78, 5) is 12.5. The first-order chi connectivity index (χ1) is 8.56. The molecule has 0 aliphatic heterocycles. The van der Waals surface area contributed by atoms with Crippen LogP contribution in [0, 0.1) is 0 Å². The topological polar surface area (TPSA) is 26.3 Å². The molecule has 0 atom stereocenters. The number of Topliss-reactive ketones (excluding diaryl/α,β-unsaturated/α-hetero) is 1. The largest absolute Gasteiger partial charge is 0.487 e. The molecular weight excluding hydrogens is 336 g/mol.